The van der Waals surface area contributed by atoms with Crippen LogP contribution in [0, 0.1) is 0 Å². The van der Waals surface area contributed by atoms with Crippen molar-refractivity contribution in [2.75, 3.05) is 20.2 Å². The number of H-pyrrole nitrogens is 1. The third kappa shape index (κ3) is 4.25. The quantitative estimate of drug-likeness (QED) is 0.658. The molecule has 0 fully saturated rings. The normalized spacial score (nSPS) is 16.1. The largest absolute Gasteiger partial charge is 0.486 e. The van der Waals surface area contributed by atoms with Crippen molar-refractivity contribution < 1.29 is 19.1 Å². The van der Waals surface area contributed by atoms with Gasteiger partial charge in [-0.3, -0.25) is 9.59 Å². The molecule has 1 aliphatic heterocycles. The molecule has 0 spiro atoms. The van der Waals surface area contributed by atoms with Gasteiger partial charge in [-0.1, -0.05) is 30.3 Å². The number of fused-ring (bicyclic) bond motifs is 2. The van der Waals surface area contributed by atoms with Crippen molar-refractivity contribution in [2.45, 2.75) is 25.5 Å². The van der Waals surface area contributed by atoms with Gasteiger partial charge in [0, 0.05) is 37.5 Å². The number of aromatic amines is 1. The number of carbonyl (C=O) groups excluding carboxylic acids is 2. The summed E-state index contributed by atoms with van der Waals surface area (Å²) >= 11 is 0. The van der Waals surface area contributed by atoms with E-state index in [2.05, 4.69) is 10.3 Å². The summed E-state index contributed by atoms with van der Waals surface area (Å²) in [6.45, 7) is 2.14. The van der Waals surface area contributed by atoms with Gasteiger partial charge in [0.25, 0.3) is 0 Å². The van der Waals surface area contributed by atoms with Gasteiger partial charge in [0.15, 0.2) is 17.6 Å². The number of ether oxygens (including phenoxy) is 2. The number of aromatic nitrogens is 1. The van der Waals surface area contributed by atoms with Crippen molar-refractivity contribution in [3.8, 4) is 11.5 Å². The molecule has 2 amide bonds. The summed E-state index contributed by atoms with van der Waals surface area (Å²) in [7, 11) is 1.72. The number of hydrogen-bond acceptors (Lipinski definition) is 4. The average molecular weight is 407 g/mol. The predicted octanol–water partition coefficient (Wildman–Crippen LogP) is 2.51. The maximum atomic E-state index is 13.2. The third-order valence-corrected chi connectivity index (χ3v) is 5.20. The maximum Gasteiger partial charge on any atom is 0.245 e. The number of nitrogens with one attached hydrogen (secondary N) is 2. The Balaban J connectivity index is 1.45. The molecule has 0 unspecified atom stereocenters. The van der Waals surface area contributed by atoms with E-state index in [1.54, 1.807) is 11.9 Å². The number of likely N-dealkylation sites (N-methyl/N-ethyl adjacent to an activating group) is 1. The Morgan fingerprint density at radius 3 is 2.70 bits per heavy atom. The molecule has 0 radical (unpaired) electrons. The Kier molecular flexibility index (Phi) is 5.61. The van der Waals surface area contributed by atoms with E-state index >= 15 is 0 Å². The fourth-order valence-corrected chi connectivity index (χ4v) is 3.78. The van der Waals surface area contributed by atoms with Crippen molar-refractivity contribution in [1.29, 1.82) is 0 Å². The molecule has 1 aromatic heterocycles. The Hall–Kier alpha value is -3.48. The van der Waals surface area contributed by atoms with Crippen molar-refractivity contribution in [3.63, 3.8) is 0 Å². The molecule has 4 rings (SSSR count). The van der Waals surface area contributed by atoms with E-state index in [0.29, 0.717) is 31.1 Å². The molecule has 3 aromatic rings. The van der Waals surface area contributed by atoms with Gasteiger partial charge >= 0.3 is 0 Å². The number of amides is 2. The molecule has 2 atom stereocenters. The van der Waals surface area contributed by atoms with E-state index < -0.39 is 6.04 Å². The molecule has 0 bridgehead atoms. The molecule has 2 aromatic carbocycles. The molecular formula is C23H25N3O4. The lowest BCUT2D eigenvalue weighted by Crippen LogP contribution is -2.51. The molecule has 2 N–H and O–H groups in total. The van der Waals surface area contributed by atoms with E-state index in [4.69, 9.17) is 9.47 Å². The van der Waals surface area contributed by atoms with Crippen LogP contribution in [0.5, 0.6) is 11.5 Å². The lowest BCUT2D eigenvalue weighted by atomic mass is 10.0. The minimum atomic E-state index is -0.663. The summed E-state index contributed by atoms with van der Waals surface area (Å²) < 4.78 is 11.7. The molecule has 0 aliphatic carbocycles. The molecule has 1 aliphatic rings. The van der Waals surface area contributed by atoms with Crippen LogP contribution in [0.25, 0.3) is 10.9 Å². The number of benzene rings is 2. The molecule has 156 valence electrons. The molecule has 2 heterocycles. The summed E-state index contributed by atoms with van der Waals surface area (Å²) in [6, 6.07) is 14.7. The first-order chi connectivity index (χ1) is 14.5. The smallest absolute Gasteiger partial charge is 0.245 e. The number of carbonyl (C=O) groups is 2. The predicted molar refractivity (Wildman–Crippen MR) is 114 cm³/mol. The van der Waals surface area contributed by atoms with Crippen LogP contribution < -0.4 is 14.8 Å². The first kappa shape index (κ1) is 19.8. The monoisotopic (exact) mass is 407 g/mol. The van der Waals surface area contributed by atoms with Crippen LogP contribution in [0.3, 0.4) is 0 Å². The van der Waals surface area contributed by atoms with Crippen LogP contribution in [-0.2, 0) is 16.0 Å². The van der Waals surface area contributed by atoms with E-state index in [1.807, 2.05) is 54.7 Å². The lowest BCUT2D eigenvalue weighted by Gasteiger charge is -2.31. The summed E-state index contributed by atoms with van der Waals surface area (Å²) in [5.41, 5.74) is 1.98. The van der Waals surface area contributed by atoms with Gasteiger partial charge in [0.2, 0.25) is 11.8 Å². The van der Waals surface area contributed by atoms with Gasteiger partial charge in [-0.25, -0.2) is 0 Å². The van der Waals surface area contributed by atoms with E-state index in [9.17, 15) is 9.59 Å². The molecule has 30 heavy (non-hydrogen) atoms. The SMILES string of the molecule is CC(=O)N[C@@H](Cc1c[nH]c2ccccc12)C(=O)N(C)C[C@H]1COc2ccccc2O1. The Morgan fingerprint density at radius 1 is 1.17 bits per heavy atom. The highest BCUT2D eigenvalue weighted by Crippen LogP contribution is 2.31. The molecule has 0 saturated carbocycles. The maximum absolute atomic E-state index is 13.2. The van der Waals surface area contributed by atoms with Gasteiger partial charge in [-0.2, -0.15) is 0 Å². The third-order valence-electron chi connectivity index (χ3n) is 5.20. The van der Waals surface area contributed by atoms with Gasteiger partial charge in [0.05, 0.1) is 6.54 Å². The fraction of sp³-hybridized carbons (Fsp3) is 0.304. The van der Waals surface area contributed by atoms with Gasteiger partial charge < -0.3 is 24.7 Å². The topological polar surface area (TPSA) is 83.7 Å². The molecular weight excluding hydrogens is 382 g/mol. The minimum Gasteiger partial charge on any atom is -0.486 e. The summed E-state index contributed by atoms with van der Waals surface area (Å²) in [4.78, 5) is 29.7. The number of rotatable bonds is 6. The molecule has 7 heteroatoms. The zero-order chi connectivity index (χ0) is 21.1. The highest BCUT2D eigenvalue weighted by molar-refractivity contribution is 5.89. The van der Waals surface area contributed by atoms with E-state index in [0.717, 1.165) is 16.5 Å². The zero-order valence-electron chi connectivity index (χ0n) is 17.1. The molecule has 7 nitrogen and oxygen atoms in total. The second-order valence-electron chi connectivity index (χ2n) is 7.53. The van der Waals surface area contributed by atoms with Crippen LogP contribution in [-0.4, -0.2) is 54.0 Å². The summed E-state index contributed by atoms with van der Waals surface area (Å²) in [6.07, 6.45) is 2.01. The average Bonchev–Trinajstić information content (AvgIpc) is 3.15. The number of para-hydroxylation sites is 3. The van der Waals surface area contributed by atoms with Crippen molar-refractivity contribution >= 4 is 22.7 Å². The van der Waals surface area contributed by atoms with Crippen LogP contribution >= 0.6 is 0 Å². The first-order valence-electron chi connectivity index (χ1n) is 9.97. The Bertz CT molecular complexity index is 1060. The summed E-state index contributed by atoms with van der Waals surface area (Å²) in [5, 5.41) is 3.85. The summed E-state index contributed by atoms with van der Waals surface area (Å²) in [5.74, 6) is 0.968. The zero-order valence-corrected chi connectivity index (χ0v) is 17.1. The lowest BCUT2D eigenvalue weighted by molar-refractivity contribution is -0.136. The Morgan fingerprint density at radius 2 is 1.90 bits per heavy atom. The van der Waals surface area contributed by atoms with Gasteiger partial charge in [-0.15, -0.1) is 0 Å². The van der Waals surface area contributed by atoms with Crippen molar-refractivity contribution in [2.24, 2.45) is 0 Å². The fourth-order valence-electron chi connectivity index (χ4n) is 3.78. The second-order valence-corrected chi connectivity index (χ2v) is 7.53. The second kappa shape index (κ2) is 8.49. The van der Waals surface area contributed by atoms with E-state index in [-0.39, 0.29) is 17.9 Å². The minimum absolute atomic E-state index is 0.169. The van der Waals surface area contributed by atoms with Crippen molar-refractivity contribution in [1.82, 2.24) is 15.2 Å². The van der Waals surface area contributed by atoms with Crippen LogP contribution in [0.2, 0.25) is 0 Å². The Labute approximate surface area is 175 Å². The van der Waals surface area contributed by atoms with Gasteiger partial charge in [0.1, 0.15) is 12.6 Å². The standard InChI is InChI=1S/C23H25N3O4/c1-15(27)25-20(11-16-12-24-19-8-4-3-7-18(16)19)23(28)26(2)13-17-14-29-21-9-5-6-10-22(21)30-17/h3-10,12,17,20,24H,11,13-14H2,1-2H3,(H,25,27)/t17-,20-/m0/s1. The highest BCUT2D eigenvalue weighted by atomic mass is 16.6. The first-order valence-corrected chi connectivity index (χ1v) is 9.97. The van der Waals surface area contributed by atoms with Crippen LogP contribution in [0.15, 0.2) is 54.7 Å². The van der Waals surface area contributed by atoms with Gasteiger partial charge in [-0.05, 0) is 23.8 Å². The number of hydrogen-bond donors (Lipinski definition) is 2. The molecule has 0 saturated heterocycles. The van der Waals surface area contributed by atoms with Crippen LogP contribution in [0.4, 0.5) is 0 Å². The van der Waals surface area contributed by atoms with Crippen LogP contribution in [0.1, 0.15) is 12.5 Å². The highest BCUT2D eigenvalue weighted by Gasteiger charge is 2.28. The number of nitrogens with zero attached hydrogens (tertiary/aromatic N) is 1. The van der Waals surface area contributed by atoms with E-state index in [1.165, 1.54) is 6.92 Å². The van der Waals surface area contributed by atoms with Crippen molar-refractivity contribution in [3.05, 3.63) is 60.3 Å².